The largest absolute Gasteiger partial charge is 0.543 e. The summed E-state index contributed by atoms with van der Waals surface area (Å²) >= 11 is 3.79. The van der Waals surface area contributed by atoms with Gasteiger partial charge in [-0.25, -0.2) is 4.98 Å². The van der Waals surface area contributed by atoms with Gasteiger partial charge in [-0.1, -0.05) is 16.5 Å². The minimum Gasteiger partial charge on any atom is -0.543 e. The number of esters is 1. The summed E-state index contributed by atoms with van der Waals surface area (Å²) in [5.74, 6) is -2.87. The predicted molar refractivity (Wildman–Crippen MR) is 132 cm³/mol. The van der Waals surface area contributed by atoms with E-state index >= 15 is 0 Å². The van der Waals surface area contributed by atoms with Crippen molar-refractivity contribution < 1.29 is 38.4 Å². The van der Waals surface area contributed by atoms with Gasteiger partial charge in [-0.3, -0.25) is 19.3 Å². The minimum atomic E-state index is -1.48. The SMILES string of the molecule is CO/N=C(\C(=O)N[C@@H]1C(=O)N2C(C(=O)[O-])=C(C[n+]3csc(CC(=O)OC)c3C)CS[C@H]12)c1csc(N)n1. The van der Waals surface area contributed by atoms with E-state index in [1.54, 1.807) is 5.51 Å². The maximum absolute atomic E-state index is 13.0. The predicted octanol–water partition coefficient (Wildman–Crippen LogP) is -1.45. The van der Waals surface area contributed by atoms with E-state index in [1.165, 1.54) is 42.7 Å². The topological polar surface area (TPSA) is 180 Å². The minimum absolute atomic E-state index is 0.108. The van der Waals surface area contributed by atoms with Crippen LogP contribution in [-0.2, 0) is 41.7 Å². The van der Waals surface area contributed by atoms with Crippen LogP contribution in [0.4, 0.5) is 5.13 Å². The van der Waals surface area contributed by atoms with Crippen molar-refractivity contribution in [3.63, 3.8) is 0 Å². The van der Waals surface area contributed by atoms with E-state index in [2.05, 4.69) is 15.5 Å². The first-order chi connectivity index (χ1) is 17.7. The van der Waals surface area contributed by atoms with Crippen molar-refractivity contribution in [1.82, 2.24) is 15.2 Å². The Hall–Kier alpha value is -3.50. The molecule has 0 aliphatic carbocycles. The molecule has 2 atom stereocenters. The molecule has 0 radical (unpaired) electrons. The quantitative estimate of drug-likeness (QED) is 0.120. The Balaban J connectivity index is 1.52. The fourth-order valence-corrected chi connectivity index (χ4v) is 6.74. The molecule has 0 aromatic carbocycles. The smallest absolute Gasteiger partial charge is 0.311 e. The number of thioether (sulfide) groups is 1. The molecule has 4 rings (SSSR count). The van der Waals surface area contributed by atoms with Gasteiger partial charge in [-0.05, 0) is 0 Å². The second-order valence-electron chi connectivity index (χ2n) is 7.91. The molecule has 4 heterocycles. The molecular weight excluding hydrogens is 544 g/mol. The number of nitrogen functional groups attached to an aromatic ring is 1. The number of oxime groups is 1. The molecule has 2 aliphatic heterocycles. The van der Waals surface area contributed by atoms with Gasteiger partial charge >= 0.3 is 5.97 Å². The Morgan fingerprint density at radius 2 is 2.11 bits per heavy atom. The van der Waals surface area contributed by atoms with Crippen LogP contribution in [0.25, 0.3) is 0 Å². The number of methoxy groups -OCH3 is 1. The first-order valence-corrected chi connectivity index (χ1v) is 13.5. The zero-order chi connectivity index (χ0) is 26.9. The number of carboxylic acids is 1. The first kappa shape index (κ1) is 26.6. The molecule has 0 spiro atoms. The number of hydrogen-bond acceptors (Lipinski definition) is 13. The number of anilines is 1. The fraction of sp³-hybridized carbons (Fsp3) is 0.381. The molecule has 37 heavy (non-hydrogen) atoms. The molecule has 2 aromatic rings. The van der Waals surface area contributed by atoms with Crippen molar-refractivity contribution in [2.75, 3.05) is 25.7 Å². The maximum Gasteiger partial charge on any atom is 0.311 e. The van der Waals surface area contributed by atoms with Crippen molar-refractivity contribution >= 4 is 69.0 Å². The highest BCUT2D eigenvalue weighted by atomic mass is 32.2. The van der Waals surface area contributed by atoms with Crippen LogP contribution in [0.5, 0.6) is 0 Å². The number of carbonyl (C=O) groups excluding carboxylic acids is 4. The highest BCUT2D eigenvalue weighted by Crippen LogP contribution is 2.40. The third-order valence-electron chi connectivity index (χ3n) is 5.74. The fourth-order valence-electron chi connectivity index (χ4n) is 3.88. The van der Waals surface area contributed by atoms with Crippen LogP contribution in [0.1, 0.15) is 16.3 Å². The van der Waals surface area contributed by atoms with Crippen LogP contribution in [0.15, 0.2) is 27.3 Å². The summed E-state index contributed by atoms with van der Waals surface area (Å²) < 4.78 is 6.54. The van der Waals surface area contributed by atoms with Gasteiger partial charge in [0.15, 0.2) is 23.1 Å². The summed E-state index contributed by atoms with van der Waals surface area (Å²) in [4.78, 5) is 60.3. The number of carbonyl (C=O) groups is 4. The van der Waals surface area contributed by atoms with Crippen LogP contribution < -0.4 is 20.7 Å². The average molecular weight is 567 g/mol. The number of hydrogen-bond donors (Lipinski definition) is 2. The number of thiazole rings is 2. The zero-order valence-corrected chi connectivity index (χ0v) is 22.3. The molecule has 3 N–H and O–H groups in total. The standard InChI is InChI=1S/C21H22N6O7S3/c1-9-12(4-13(28)33-2)37-8-26(9)5-10-6-35-19-15(18(30)27(19)16(10)20(31)32)24-17(29)14(25-34-3)11-7-36-21(22)23-11/h7-8,15,19H,4-6H2,1-3H3,(H3-,22,23,24,29,31,32)/b25-14-/t15-,19-/m1/s1. The van der Waals surface area contributed by atoms with Crippen LogP contribution in [-0.4, -0.2) is 70.7 Å². The highest BCUT2D eigenvalue weighted by Gasteiger charge is 2.53. The maximum atomic E-state index is 13.0. The Labute approximate surface area is 222 Å². The molecular formula is C21H22N6O7S3. The number of rotatable bonds is 9. The molecule has 1 fully saturated rings. The van der Waals surface area contributed by atoms with E-state index in [1.807, 2.05) is 11.5 Å². The lowest BCUT2D eigenvalue weighted by molar-refractivity contribution is -0.690. The monoisotopic (exact) mass is 566 g/mol. The van der Waals surface area contributed by atoms with Gasteiger partial charge in [0.25, 0.3) is 11.8 Å². The van der Waals surface area contributed by atoms with Crippen molar-refractivity contribution in [2.45, 2.75) is 31.3 Å². The summed E-state index contributed by atoms with van der Waals surface area (Å²) in [5, 5.41) is 19.5. The molecule has 2 amide bonds. The van der Waals surface area contributed by atoms with E-state index < -0.39 is 29.2 Å². The van der Waals surface area contributed by atoms with Crippen LogP contribution in [0, 0.1) is 6.92 Å². The van der Waals surface area contributed by atoms with Gasteiger partial charge in [0.05, 0.1) is 30.1 Å². The van der Waals surface area contributed by atoms with Gasteiger partial charge in [0, 0.05) is 23.6 Å². The number of fused-ring (bicyclic) bond motifs is 1. The van der Waals surface area contributed by atoms with Gasteiger partial charge < -0.3 is 30.5 Å². The van der Waals surface area contributed by atoms with Crippen molar-refractivity contribution in [2.24, 2.45) is 5.16 Å². The van der Waals surface area contributed by atoms with Gasteiger partial charge in [0.2, 0.25) is 5.51 Å². The number of β-lactam (4-membered cyclic amide) rings is 1. The number of carboxylic acid groups (broad SMARTS) is 1. The third kappa shape index (κ3) is 5.17. The van der Waals surface area contributed by atoms with Crippen molar-refractivity contribution in [1.29, 1.82) is 0 Å². The summed E-state index contributed by atoms with van der Waals surface area (Å²) in [7, 11) is 2.58. The van der Waals surface area contributed by atoms with Crippen LogP contribution in [0.2, 0.25) is 0 Å². The lowest BCUT2D eigenvalue weighted by Crippen LogP contribution is -2.71. The molecule has 1 saturated heterocycles. The molecule has 16 heteroatoms. The van der Waals surface area contributed by atoms with Crippen molar-refractivity contribution in [3.8, 4) is 0 Å². The summed E-state index contributed by atoms with van der Waals surface area (Å²) in [6, 6.07) is -0.978. The number of aliphatic carboxylic acids is 1. The highest BCUT2D eigenvalue weighted by molar-refractivity contribution is 8.00. The summed E-state index contributed by atoms with van der Waals surface area (Å²) in [6.45, 7) is 2.02. The number of aromatic nitrogens is 2. The molecule has 0 saturated carbocycles. The second kappa shape index (κ2) is 10.9. The molecule has 0 unspecified atom stereocenters. The molecule has 0 bridgehead atoms. The number of nitrogens with two attached hydrogens (primary N) is 1. The normalized spacial score (nSPS) is 19.3. The lowest BCUT2D eigenvalue weighted by Gasteiger charge is -2.50. The third-order valence-corrected chi connectivity index (χ3v) is 8.84. The van der Waals surface area contributed by atoms with Gasteiger partial charge in [-0.15, -0.1) is 23.1 Å². The summed E-state index contributed by atoms with van der Waals surface area (Å²) in [5.41, 5.74) is 8.51. The number of amides is 2. The molecule has 13 nitrogen and oxygen atoms in total. The summed E-state index contributed by atoms with van der Waals surface area (Å²) in [6.07, 6.45) is 0.108. The molecule has 2 aliphatic rings. The average Bonchev–Trinajstić information content (AvgIpc) is 3.45. The van der Waals surface area contributed by atoms with E-state index in [0.29, 0.717) is 11.3 Å². The number of nitrogens with zero attached hydrogens (tertiary/aromatic N) is 4. The lowest BCUT2D eigenvalue weighted by atomic mass is 10.0. The van der Waals surface area contributed by atoms with E-state index in [0.717, 1.165) is 26.8 Å². The second-order valence-corrected chi connectivity index (χ2v) is 10.8. The van der Waals surface area contributed by atoms with E-state index in [9.17, 15) is 24.3 Å². The van der Waals surface area contributed by atoms with Crippen LogP contribution >= 0.6 is 34.4 Å². The molecule has 2 aromatic heterocycles. The molecule has 196 valence electrons. The van der Waals surface area contributed by atoms with Crippen molar-refractivity contribution in [3.05, 3.63) is 38.4 Å². The first-order valence-electron chi connectivity index (χ1n) is 10.7. The van der Waals surface area contributed by atoms with E-state index in [4.69, 9.17) is 15.3 Å². The number of nitrogens with one attached hydrogen (secondary N) is 1. The Morgan fingerprint density at radius 3 is 2.73 bits per heavy atom. The Kier molecular flexibility index (Phi) is 7.79. The van der Waals surface area contributed by atoms with Crippen LogP contribution in [0.3, 0.4) is 0 Å². The zero-order valence-electron chi connectivity index (χ0n) is 19.9. The number of ether oxygens (including phenoxy) is 1. The Bertz CT molecular complexity index is 1330. The Morgan fingerprint density at radius 1 is 1.35 bits per heavy atom. The van der Waals surface area contributed by atoms with Gasteiger partial charge in [0.1, 0.15) is 24.2 Å². The van der Waals surface area contributed by atoms with E-state index in [-0.39, 0.29) is 41.2 Å². The van der Waals surface area contributed by atoms with Gasteiger partial charge in [-0.2, -0.15) is 4.57 Å².